The van der Waals surface area contributed by atoms with Crippen molar-refractivity contribution in [1.29, 1.82) is 0 Å². The summed E-state index contributed by atoms with van der Waals surface area (Å²) in [6.45, 7) is 6.00. The average Bonchev–Trinajstić information content (AvgIpc) is 3.00. The maximum atomic E-state index is 12.5. The van der Waals surface area contributed by atoms with E-state index in [1.165, 1.54) is 0 Å². The highest BCUT2D eigenvalue weighted by Crippen LogP contribution is 2.30. The Kier molecular flexibility index (Phi) is 7.28. The van der Waals surface area contributed by atoms with Crippen molar-refractivity contribution in [3.05, 3.63) is 18.0 Å². The van der Waals surface area contributed by atoms with Gasteiger partial charge in [-0.2, -0.15) is 5.10 Å². The standard InChI is InChI=1S/C18H30N4O2/c1-3-4-9-19-17(23)15-7-5-6-8-16(15)18(24)20-10-11-22-13-14(2)12-21-22/h12-13,15-16H,3-11H2,1-2H3,(H,19,23)(H,20,24)/t15-,16+/m0/s1. The normalized spacial score (nSPS) is 20.6. The second-order valence-electron chi connectivity index (χ2n) is 6.71. The number of carbonyl (C=O) groups is 2. The topological polar surface area (TPSA) is 76.0 Å². The Morgan fingerprint density at radius 1 is 1.17 bits per heavy atom. The number of rotatable bonds is 8. The predicted molar refractivity (Wildman–Crippen MR) is 93.3 cm³/mol. The lowest BCUT2D eigenvalue weighted by atomic mass is 9.78. The molecule has 6 nitrogen and oxygen atoms in total. The molecule has 1 saturated carbocycles. The summed E-state index contributed by atoms with van der Waals surface area (Å²) in [4.78, 5) is 24.9. The second-order valence-corrected chi connectivity index (χ2v) is 6.71. The highest BCUT2D eigenvalue weighted by atomic mass is 16.2. The van der Waals surface area contributed by atoms with Gasteiger partial charge in [0.15, 0.2) is 0 Å². The fourth-order valence-electron chi connectivity index (χ4n) is 3.29. The van der Waals surface area contributed by atoms with Crippen LogP contribution in [0.3, 0.4) is 0 Å². The predicted octanol–water partition coefficient (Wildman–Crippen LogP) is 2.03. The number of nitrogens with zero attached hydrogens (tertiary/aromatic N) is 2. The first-order valence-electron chi connectivity index (χ1n) is 9.16. The summed E-state index contributed by atoms with van der Waals surface area (Å²) in [5.41, 5.74) is 1.11. The summed E-state index contributed by atoms with van der Waals surface area (Å²) in [7, 11) is 0. The van der Waals surface area contributed by atoms with Crippen LogP contribution in [-0.4, -0.2) is 34.7 Å². The molecule has 0 saturated heterocycles. The third-order valence-electron chi connectivity index (χ3n) is 4.67. The van der Waals surface area contributed by atoms with Gasteiger partial charge in [-0.15, -0.1) is 0 Å². The van der Waals surface area contributed by atoms with Crippen LogP contribution in [-0.2, 0) is 16.1 Å². The molecule has 1 aromatic rings. The van der Waals surface area contributed by atoms with Crippen LogP contribution in [0.2, 0.25) is 0 Å². The molecular formula is C18H30N4O2. The fraction of sp³-hybridized carbons (Fsp3) is 0.722. The zero-order chi connectivity index (χ0) is 17.4. The zero-order valence-electron chi connectivity index (χ0n) is 14.9. The van der Waals surface area contributed by atoms with Crippen molar-refractivity contribution in [3.8, 4) is 0 Å². The molecule has 1 aliphatic rings. The maximum Gasteiger partial charge on any atom is 0.223 e. The Balaban J connectivity index is 1.81. The molecule has 1 heterocycles. The molecule has 24 heavy (non-hydrogen) atoms. The van der Waals surface area contributed by atoms with Gasteiger partial charge in [-0.25, -0.2) is 0 Å². The molecule has 1 aromatic heterocycles. The number of hydrogen-bond acceptors (Lipinski definition) is 3. The van der Waals surface area contributed by atoms with Gasteiger partial charge in [-0.1, -0.05) is 26.2 Å². The number of hydrogen-bond donors (Lipinski definition) is 2. The van der Waals surface area contributed by atoms with E-state index < -0.39 is 0 Å². The number of aryl methyl sites for hydroxylation is 1. The first-order chi connectivity index (χ1) is 11.6. The molecule has 0 aliphatic heterocycles. The van der Waals surface area contributed by atoms with E-state index in [-0.39, 0.29) is 23.7 Å². The van der Waals surface area contributed by atoms with E-state index in [0.29, 0.717) is 19.6 Å². The minimum atomic E-state index is -0.195. The molecule has 0 aromatic carbocycles. The largest absolute Gasteiger partial charge is 0.356 e. The van der Waals surface area contributed by atoms with Crippen LogP contribution in [0.5, 0.6) is 0 Å². The molecule has 6 heteroatoms. The first-order valence-corrected chi connectivity index (χ1v) is 9.16. The van der Waals surface area contributed by atoms with E-state index in [0.717, 1.165) is 44.1 Å². The smallest absolute Gasteiger partial charge is 0.223 e. The summed E-state index contributed by atoms with van der Waals surface area (Å²) < 4.78 is 1.82. The lowest BCUT2D eigenvalue weighted by Crippen LogP contribution is -2.44. The van der Waals surface area contributed by atoms with Gasteiger partial charge in [0.05, 0.1) is 12.7 Å². The number of carbonyl (C=O) groups excluding carboxylic acids is 2. The Morgan fingerprint density at radius 3 is 2.33 bits per heavy atom. The zero-order valence-corrected chi connectivity index (χ0v) is 14.9. The summed E-state index contributed by atoms with van der Waals surface area (Å²) >= 11 is 0. The second kappa shape index (κ2) is 9.45. The van der Waals surface area contributed by atoms with Gasteiger partial charge < -0.3 is 10.6 Å². The quantitative estimate of drug-likeness (QED) is 0.714. The maximum absolute atomic E-state index is 12.5. The number of unbranched alkanes of at least 4 members (excludes halogenated alkanes) is 1. The van der Waals surface area contributed by atoms with Crippen molar-refractivity contribution in [2.24, 2.45) is 11.8 Å². The molecule has 0 bridgehead atoms. The van der Waals surface area contributed by atoms with Gasteiger partial charge in [0.1, 0.15) is 0 Å². The lowest BCUT2D eigenvalue weighted by Gasteiger charge is -2.29. The van der Waals surface area contributed by atoms with Crippen LogP contribution in [0.4, 0.5) is 0 Å². The Morgan fingerprint density at radius 2 is 1.79 bits per heavy atom. The molecule has 2 atom stereocenters. The van der Waals surface area contributed by atoms with Crippen LogP contribution in [0.1, 0.15) is 51.0 Å². The van der Waals surface area contributed by atoms with Crippen molar-refractivity contribution in [1.82, 2.24) is 20.4 Å². The number of aromatic nitrogens is 2. The lowest BCUT2D eigenvalue weighted by molar-refractivity contribution is -0.136. The van der Waals surface area contributed by atoms with Gasteiger partial charge in [-0.3, -0.25) is 14.3 Å². The fourth-order valence-corrected chi connectivity index (χ4v) is 3.29. The highest BCUT2D eigenvalue weighted by Gasteiger charge is 2.35. The van der Waals surface area contributed by atoms with Crippen LogP contribution in [0.15, 0.2) is 12.4 Å². The van der Waals surface area contributed by atoms with Gasteiger partial charge in [0.25, 0.3) is 0 Å². The minimum absolute atomic E-state index is 0.00854. The Labute approximate surface area is 144 Å². The molecule has 0 unspecified atom stereocenters. The summed E-state index contributed by atoms with van der Waals surface area (Å²) in [6.07, 6.45) is 9.47. The Hall–Kier alpha value is -1.85. The van der Waals surface area contributed by atoms with Gasteiger partial charge >= 0.3 is 0 Å². The molecule has 2 N–H and O–H groups in total. The van der Waals surface area contributed by atoms with Gasteiger partial charge in [-0.05, 0) is 31.7 Å². The van der Waals surface area contributed by atoms with Crippen molar-refractivity contribution >= 4 is 11.8 Å². The molecule has 0 spiro atoms. The SMILES string of the molecule is CCCCNC(=O)[C@H]1CCCC[C@H]1C(=O)NCCn1cc(C)cn1. The number of nitrogens with one attached hydrogen (secondary N) is 2. The van der Waals surface area contributed by atoms with E-state index in [2.05, 4.69) is 22.7 Å². The molecule has 134 valence electrons. The molecule has 0 radical (unpaired) electrons. The third kappa shape index (κ3) is 5.35. The van der Waals surface area contributed by atoms with E-state index in [9.17, 15) is 9.59 Å². The van der Waals surface area contributed by atoms with Gasteiger partial charge in [0.2, 0.25) is 11.8 Å². The van der Waals surface area contributed by atoms with E-state index in [1.807, 2.05) is 17.8 Å². The molecule has 1 aliphatic carbocycles. The molecule has 1 fully saturated rings. The van der Waals surface area contributed by atoms with Crippen LogP contribution >= 0.6 is 0 Å². The van der Waals surface area contributed by atoms with Crippen molar-refractivity contribution in [3.63, 3.8) is 0 Å². The summed E-state index contributed by atoms with van der Waals surface area (Å²) in [5, 5.41) is 10.2. The Bertz CT molecular complexity index is 541. The molecule has 2 rings (SSSR count). The molecular weight excluding hydrogens is 304 g/mol. The summed E-state index contributed by atoms with van der Waals surface area (Å²) in [6, 6.07) is 0. The van der Waals surface area contributed by atoms with Crippen LogP contribution < -0.4 is 10.6 Å². The van der Waals surface area contributed by atoms with Crippen LogP contribution in [0.25, 0.3) is 0 Å². The number of amides is 2. The van der Waals surface area contributed by atoms with Gasteiger partial charge in [0, 0.05) is 31.1 Å². The highest BCUT2D eigenvalue weighted by molar-refractivity contribution is 5.87. The first kappa shape index (κ1) is 18.5. The minimum Gasteiger partial charge on any atom is -0.356 e. The third-order valence-corrected chi connectivity index (χ3v) is 4.67. The van der Waals surface area contributed by atoms with Crippen molar-refractivity contribution in [2.75, 3.05) is 13.1 Å². The average molecular weight is 334 g/mol. The summed E-state index contributed by atoms with van der Waals surface area (Å²) in [5.74, 6) is -0.317. The molecule has 2 amide bonds. The van der Waals surface area contributed by atoms with Crippen molar-refractivity contribution < 1.29 is 9.59 Å². The van der Waals surface area contributed by atoms with E-state index >= 15 is 0 Å². The van der Waals surface area contributed by atoms with E-state index in [4.69, 9.17) is 0 Å². The van der Waals surface area contributed by atoms with Crippen molar-refractivity contribution in [2.45, 2.75) is 58.9 Å². The monoisotopic (exact) mass is 334 g/mol. The van der Waals surface area contributed by atoms with E-state index in [1.54, 1.807) is 6.20 Å². The van der Waals surface area contributed by atoms with Crippen LogP contribution in [0, 0.1) is 18.8 Å².